The molecule has 0 radical (unpaired) electrons. The molecule has 0 unspecified atom stereocenters. The van der Waals surface area contributed by atoms with Gasteiger partial charge in [-0.1, -0.05) is 30.9 Å². The molecule has 1 aromatic carbocycles. The standard InChI is InChI=1S/C25H31ClFN3O4/c1-15-21(19(26)12-13-30(15)33)18-11-10-17(14-20(18)27)28-23(31)22(16-8-6-5-7-9-16)29-24(32)34-25(2,3)4/h10-14,16,22H,5-9H2,1-4H3,(H,28,31)(H,29,32)/t22-/m0/s1. The summed E-state index contributed by atoms with van der Waals surface area (Å²) in [5, 5.41) is 17.6. The van der Waals surface area contributed by atoms with Gasteiger partial charge in [0, 0.05) is 24.2 Å². The number of amides is 2. The van der Waals surface area contributed by atoms with Crippen LogP contribution in [0, 0.1) is 23.9 Å². The number of halogens is 2. The summed E-state index contributed by atoms with van der Waals surface area (Å²) in [7, 11) is 0. The van der Waals surface area contributed by atoms with Crippen LogP contribution in [0.1, 0.15) is 58.6 Å². The molecule has 2 amide bonds. The number of carbonyl (C=O) groups excluding carboxylic acids is 2. The van der Waals surface area contributed by atoms with Crippen LogP contribution in [-0.4, -0.2) is 23.6 Å². The molecule has 184 valence electrons. The molecular formula is C25H31ClFN3O4. The van der Waals surface area contributed by atoms with Crippen molar-refractivity contribution in [2.75, 3.05) is 5.32 Å². The third kappa shape index (κ3) is 6.38. The minimum absolute atomic E-state index is 0.0383. The van der Waals surface area contributed by atoms with E-state index in [0.29, 0.717) is 10.3 Å². The zero-order valence-electron chi connectivity index (χ0n) is 19.9. The zero-order valence-corrected chi connectivity index (χ0v) is 20.7. The number of alkyl carbamates (subject to hydrolysis) is 1. The summed E-state index contributed by atoms with van der Waals surface area (Å²) in [5.74, 6) is -1.11. The largest absolute Gasteiger partial charge is 0.618 e. The van der Waals surface area contributed by atoms with Crippen LogP contribution in [0.5, 0.6) is 0 Å². The van der Waals surface area contributed by atoms with Gasteiger partial charge < -0.3 is 20.6 Å². The van der Waals surface area contributed by atoms with E-state index < -0.39 is 29.5 Å². The molecule has 1 fully saturated rings. The predicted molar refractivity (Wildman–Crippen MR) is 129 cm³/mol. The minimum atomic E-state index is -0.803. The molecule has 0 saturated heterocycles. The topological polar surface area (TPSA) is 94.4 Å². The van der Waals surface area contributed by atoms with Crippen LogP contribution in [0.2, 0.25) is 5.02 Å². The molecule has 3 rings (SSSR count). The smallest absolute Gasteiger partial charge is 0.408 e. The molecule has 1 aliphatic rings. The fourth-order valence-electron chi connectivity index (χ4n) is 4.25. The Kier molecular flexibility index (Phi) is 8.02. The quantitative estimate of drug-likeness (QED) is 0.426. The van der Waals surface area contributed by atoms with Crippen LogP contribution >= 0.6 is 11.6 Å². The van der Waals surface area contributed by atoms with Crippen molar-refractivity contribution >= 4 is 29.3 Å². The number of benzene rings is 1. The first-order chi connectivity index (χ1) is 16.0. The van der Waals surface area contributed by atoms with Gasteiger partial charge in [-0.2, -0.15) is 4.73 Å². The van der Waals surface area contributed by atoms with Gasteiger partial charge in [0.1, 0.15) is 17.5 Å². The van der Waals surface area contributed by atoms with Crippen molar-refractivity contribution in [1.82, 2.24) is 5.32 Å². The van der Waals surface area contributed by atoms with Gasteiger partial charge in [0.25, 0.3) is 0 Å². The summed E-state index contributed by atoms with van der Waals surface area (Å²) < 4.78 is 21.0. The highest BCUT2D eigenvalue weighted by molar-refractivity contribution is 6.33. The number of nitrogens with one attached hydrogen (secondary N) is 2. The second-order valence-electron chi connectivity index (χ2n) is 9.66. The number of aromatic nitrogens is 1. The van der Waals surface area contributed by atoms with E-state index in [0.717, 1.165) is 32.1 Å². The van der Waals surface area contributed by atoms with Crippen LogP contribution in [0.15, 0.2) is 30.5 Å². The molecule has 7 nitrogen and oxygen atoms in total. The highest BCUT2D eigenvalue weighted by Crippen LogP contribution is 2.33. The molecule has 0 spiro atoms. The lowest BCUT2D eigenvalue weighted by Crippen LogP contribution is -2.50. The van der Waals surface area contributed by atoms with Gasteiger partial charge in [-0.3, -0.25) is 4.79 Å². The Morgan fingerprint density at radius 3 is 2.50 bits per heavy atom. The van der Waals surface area contributed by atoms with E-state index >= 15 is 4.39 Å². The van der Waals surface area contributed by atoms with Crippen LogP contribution in [-0.2, 0) is 9.53 Å². The van der Waals surface area contributed by atoms with E-state index in [1.54, 1.807) is 33.8 Å². The third-order valence-electron chi connectivity index (χ3n) is 5.87. The van der Waals surface area contributed by atoms with Gasteiger partial charge in [-0.15, -0.1) is 0 Å². The maximum atomic E-state index is 15.0. The normalized spacial score (nSPS) is 15.5. The monoisotopic (exact) mass is 491 g/mol. The average molecular weight is 492 g/mol. The zero-order chi connectivity index (χ0) is 25.0. The summed E-state index contributed by atoms with van der Waals surface area (Å²) in [6.07, 6.45) is 5.26. The lowest BCUT2D eigenvalue weighted by molar-refractivity contribution is -0.611. The summed E-state index contributed by atoms with van der Waals surface area (Å²) in [5.41, 5.74) is 0.248. The third-order valence-corrected chi connectivity index (χ3v) is 6.18. The Morgan fingerprint density at radius 1 is 1.21 bits per heavy atom. The first-order valence-corrected chi connectivity index (χ1v) is 11.8. The fourth-order valence-corrected chi connectivity index (χ4v) is 4.54. The average Bonchev–Trinajstić information content (AvgIpc) is 2.75. The second-order valence-corrected chi connectivity index (χ2v) is 10.1. The van der Waals surface area contributed by atoms with E-state index in [1.165, 1.54) is 24.4 Å². The Labute approximate surface area is 204 Å². The first-order valence-electron chi connectivity index (χ1n) is 11.4. The van der Waals surface area contributed by atoms with Crippen molar-refractivity contribution in [3.63, 3.8) is 0 Å². The van der Waals surface area contributed by atoms with Crippen LogP contribution < -0.4 is 15.4 Å². The molecule has 1 aromatic heterocycles. The number of rotatable bonds is 5. The molecule has 0 aliphatic heterocycles. The van der Waals surface area contributed by atoms with Crippen LogP contribution in [0.4, 0.5) is 14.9 Å². The number of nitrogens with zero attached hydrogens (tertiary/aromatic N) is 1. The van der Waals surface area contributed by atoms with Gasteiger partial charge in [-0.25, -0.2) is 9.18 Å². The van der Waals surface area contributed by atoms with Gasteiger partial charge in [0.2, 0.25) is 5.91 Å². The molecule has 2 N–H and O–H groups in total. The number of ether oxygens (including phenoxy) is 1. The summed E-state index contributed by atoms with van der Waals surface area (Å²) in [6.45, 7) is 6.81. The van der Waals surface area contributed by atoms with E-state index in [1.807, 2.05) is 0 Å². The fraction of sp³-hybridized carbons (Fsp3) is 0.480. The molecular weight excluding hydrogens is 461 g/mol. The Morgan fingerprint density at radius 2 is 1.88 bits per heavy atom. The van der Waals surface area contributed by atoms with Crippen molar-refractivity contribution in [2.24, 2.45) is 5.92 Å². The van der Waals surface area contributed by atoms with Gasteiger partial charge in [-0.05, 0) is 57.7 Å². The Balaban J connectivity index is 1.81. The molecule has 1 atom stereocenters. The van der Waals surface area contributed by atoms with E-state index in [-0.39, 0.29) is 27.9 Å². The van der Waals surface area contributed by atoms with Crippen molar-refractivity contribution in [3.8, 4) is 11.1 Å². The van der Waals surface area contributed by atoms with Crippen molar-refractivity contribution in [3.05, 3.63) is 52.2 Å². The van der Waals surface area contributed by atoms with E-state index in [2.05, 4.69) is 10.6 Å². The molecule has 34 heavy (non-hydrogen) atoms. The Bertz CT molecular complexity index is 1060. The highest BCUT2D eigenvalue weighted by atomic mass is 35.5. The predicted octanol–water partition coefficient (Wildman–Crippen LogP) is 5.50. The lowest BCUT2D eigenvalue weighted by atomic mass is 9.83. The maximum Gasteiger partial charge on any atom is 0.408 e. The van der Waals surface area contributed by atoms with Crippen molar-refractivity contribution < 1.29 is 23.4 Å². The van der Waals surface area contributed by atoms with Gasteiger partial charge in [0.15, 0.2) is 11.9 Å². The molecule has 1 aliphatic carbocycles. The SMILES string of the molecule is Cc1c(-c2ccc(NC(=O)[C@@H](NC(=O)OC(C)(C)C)C3CCCCC3)cc2F)c(Cl)cc[n+]1[O-]. The summed E-state index contributed by atoms with van der Waals surface area (Å²) >= 11 is 6.21. The number of carbonyl (C=O) groups is 2. The van der Waals surface area contributed by atoms with Gasteiger partial charge in [0.05, 0.1) is 10.6 Å². The second kappa shape index (κ2) is 10.6. The summed E-state index contributed by atoms with van der Waals surface area (Å²) in [4.78, 5) is 25.6. The number of anilines is 1. The minimum Gasteiger partial charge on any atom is -0.618 e. The highest BCUT2D eigenvalue weighted by Gasteiger charge is 2.32. The van der Waals surface area contributed by atoms with Crippen molar-refractivity contribution in [1.29, 1.82) is 0 Å². The number of hydrogen-bond acceptors (Lipinski definition) is 4. The van der Waals surface area contributed by atoms with E-state index in [9.17, 15) is 14.8 Å². The maximum absolute atomic E-state index is 15.0. The summed E-state index contributed by atoms with van der Waals surface area (Å²) in [6, 6.07) is 4.79. The van der Waals surface area contributed by atoms with E-state index in [4.69, 9.17) is 16.3 Å². The molecule has 9 heteroatoms. The molecule has 1 saturated carbocycles. The molecule has 0 bridgehead atoms. The number of pyridine rings is 1. The van der Waals surface area contributed by atoms with Crippen LogP contribution in [0.3, 0.4) is 0 Å². The van der Waals surface area contributed by atoms with Crippen LogP contribution in [0.25, 0.3) is 11.1 Å². The first kappa shape index (κ1) is 25.7. The number of hydrogen-bond donors (Lipinski definition) is 2. The lowest BCUT2D eigenvalue weighted by Gasteiger charge is -2.31. The Hall–Kier alpha value is -2.87. The van der Waals surface area contributed by atoms with Gasteiger partial charge >= 0.3 is 6.09 Å². The van der Waals surface area contributed by atoms with Crippen molar-refractivity contribution in [2.45, 2.75) is 71.4 Å². The molecule has 1 heterocycles. The molecule has 2 aromatic rings.